The quantitative estimate of drug-likeness (QED) is 0.813. The number of anilines is 1. The number of carbonyl (C=O) groups excluding carboxylic acids is 1. The standard InChI is InChI=1S/C15H24N2O/c1-4-5-14(16)15(18)17-13-8-6-12(7-9-13)10-11(2)3/h6-9,11,14H,4-5,10,16H2,1-3H3,(H,17,18)/t14-/m0/s1. The first-order chi connectivity index (χ1) is 8.52. The van der Waals surface area contributed by atoms with E-state index in [4.69, 9.17) is 5.73 Å². The van der Waals surface area contributed by atoms with Crippen LogP contribution in [0.5, 0.6) is 0 Å². The molecule has 1 aromatic rings. The van der Waals surface area contributed by atoms with Crippen molar-refractivity contribution in [3.05, 3.63) is 29.8 Å². The minimum absolute atomic E-state index is 0.103. The summed E-state index contributed by atoms with van der Waals surface area (Å²) < 4.78 is 0. The summed E-state index contributed by atoms with van der Waals surface area (Å²) >= 11 is 0. The van der Waals surface area contributed by atoms with Gasteiger partial charge >= 0.3 is 0 Å². The molecule has 0 aromatic heterocycles. The highest BCUT2D eigenvalue weighted by molar-refractivity contribution is 5.94. The second-order valence-electron chi connectivity index (χ2n) is 5.18. The molecule has 0 heterocycles. The number of nitrogens with two attached hydrogens (primary N) is 1. The Morgan fingerprint density at radius 1 is 1.28 bits per heavy atom. The van der Waals surface area contributed by atoms with E-state index in [1.807, 2.05) is 19.1 Å². The third-order valence-corrected chi connectivity index (χ3v) is 2.80. The van der Waals surface area contributed by atoms with Crippen molar-refractivity contribution in [2.75, 3.05) is 5.32 Å². The molecule has 1 aromatic carbocycles. The highest BCUT2D eigenvalue weighted by atomic mass is 16.2. The van der Waals surface area contributed by atoms with Gasteiger partial charge in [0.25, 0.3) is 0 Å². The number of rotatable bonds is 6. The molecule has 0 radical (unpaired) electrons. The predicted molar refractivity (Wildman–Crippen MR) is 76.5 cm³/mol. The summed E-state index contributed by atoms with van der Waals surface area (Å²) in [6, 6.07) is 7.58. The van der Waals surface area contributed by atoms with Crippen molar-refractivity contribution in [1.82, 2.24) is 0 Å². The first kappa shape index (κ1) is 14.7. The molecule has 3 nitrogen and oxygen atoms in total. The Balaban J connectivity index is 2.55. The average molecular weight is 248 g/mol. The van der Waals surface area contributed by atoms with E-state index in [1.165, 1.54) is 5.56 Å². The molecule has 1 amide bonds. The second-order valence-corrected chi connectivity index (χ2v) is 5.18. The lowest BCUT2D eigenvalue weighted by atomic mass is 10.0. The Bertz CT molecular complexity index is 371. The maximum Gasteiger partial charge on any atom is 0.241 e. The van der Waals surface area contributed by atoms with Gasteiger partial charge in [0.1, 0.15) is 0 Å². The van der Waals surface area contributed by atoms with Gasteiger partial charge in [-0.05, 0) is 36.5 Å². The van der Waals surface area contributed by atoms with Crippen molar-refractivity contribution in [3.63, 3.8) is 0 Å². The van der Waals surface area contributed by atoms with Crippen molar-refractivity contribution in [1.29, 1.82) is 0 Å². The maximum atomic E-state index is 11.7. The molecule has 0 bridgehead atoms. The number of hydrogen-bond donors (Lipinski definition) is 2. The normalized spacial score (nSPS) is 12.5. The van der Waals surface area contributed by atoms with E-state index < -0.39 is 6.04 Å². The van der Waals surface area contributed by atoms with Crippen LogP contribution in [0.1, 0.15) is 39.2 Å². The van der Waals surface area contributed by atoms with Crippen molar-refractivity contribution in [2.45, 2.75) is 46.1 Å². The fraction of sp³-hybridized carbons (Fsp3) is 0.533. The molecule has 1 atom stereocenters. The highest BCUT2D eigenvalue weighted by Crippen LogP contribution is 2.13. The summed E-state index contributed by atoms with van der Waals surface area (Å²) in [6.07, 6.45) is 2.70. The number of carbonyl (C=O) groups is 1. The minimum atomic E-state index is -0.412. The van der Waals surface area contributed by atoms with Crippen LogP contribution in [0.25, 0.3) is 0 Å². The highest BCUT2D eigenvalue weighted by Gasteiger charge is 2.11. The van der Waals surface area contributed by atoms with Gasteiger partial charge in [0, 0.05) is 5.69 Å². The molecule has 0 saturated carbocycles. The maximum absolute atomic E-state index is 11.7. The molecule has 0 aliphatic rings. The van der Waals surface area contributed by atoms with Gasteiger partial charge in [0.2, 0.25) is 5.91 Å². The zero-order valence-electron chi connectivity index (χ0n) is 11.6. The predicted octanol–water partition coefficient (Wildman–Crippen LogP) is 2.95. The Kier molecular flexibility index (Phi) is 5.86. The Morgan fingerprint density at radius 2 is 1.89 bits per heavy atom. The number of amides is 1. The number of nitrogens with one attached hydrogen (secondary N) is 1. The monoisotopic (exact) mass is 248 g/mol. The molecule has 0 saturated heterocycles. The van der Waals surface area contributed by atoms with Crippen LogP contribution in [0, 0.1) is 5.92 Å². The molecule has 0 spiro atoms. The van der Waals surface area contributed by atoms with Gasteiger partial charge in [-0.2, -0.15) is 0 Å². The van der Waals surface area contributed by atoms with E-state index in [2.05, 4.69) is 31.3 Å². The SMILES string of the molecule is CCC[C@H](N)C(=O)Nc1ccc(CC(C)C)cc1. The van der Waals surface area contributed by atoms with Crippen LogP contribution in [-0.2, 0) is 11.2 Å². The largest absolute Gasteiger partial charge is 0.325 e. The summed E-state index contributed by atoms with van der Waals surface area (Å²) in [7, 11) is 0. The summed E-state index contributed by atoms with van der Waals surface area (Å²) in [5, 5.41) is 2.84. The molecule has 1 rings (SSSR count). The number of hydrogen-bond acceptors (Lipinski definition) is 2. The lowest BCUT2D eigenvalue weighted by molar-refractivity contribution is -0.117. The van der Waals surface area contributed by atoms with E-state index in [0.717, 1.165) is 24.9 Å². The smallest absolute Gasteiger partial charge is 0.241 e. The molecule has 0 aliphatic heterocycles. The van der Waals surface area contributed by atoms with Crippen LogP contribution in [0.4, 0.5) is 5.69 Å². The zero-order chi connectivity index (χ0) is 13.5. The first-order valence-corrected chi connectivity index (χ1v) is 6.68. The van der Waals surface area contributed by atoms with Gasteiger partial charge < -0.3 is 11.1 Å². The van der Waals surface area contributed by atoms with Crippen LogP contribution < -0.4 is 11.1 Å². The summed E-state index contributed by atoms with van der Waals surface area (Å²) in [4.78, 5) is 11.7. The van der Waals surface area contributed by atoms with Crippen LogP contribution >= 0.6 is 0 Å². The van der Waals surface area contributed by atoms with E-state index >= 15 is 0 Å². The van der Waals surface area contributed by atoms with Gasteiger partial charge in [-0.25, -0.2) is 0 Å². The van der Waals surface area contributed by atoms with Crippen LogP contribution in [0.3, 0.4) is 0 Å². The summed E-state index contributed by atoms with van der Waals surface area (Å²) in [6.45, 7) is 6.41. The molecule has 0 unspecified atom stereocenters. The van der Waals surface area contributed by atoms with E-state index in [9.17, 15) is 4.79 Å². The first-order valence-electron chi connectivity index (χ1n) is 6.68. The molecular weight excluding hydrogens is 224 g/mol. The van der Waals surface area contributed by atoms with E-state index in [1.54, 1.807) is 0 Å². The van der Waals surface area contributed by atoms with Crippen molar-refractivity contribution >= 4 is 11.6 Å². The fourth-order valence-electron chi connectivity index (χ4n) is 1.87. The van der Waals surface area contributed by atoms with E-state index in [-0.39, 0.29) is 5.91 Å². The lowest BCUT2D eigenvalue weighted by Gasteiger charge is -2.12. The Morgan fingerprint density at radius 3 is 2.39 bits per heavy atom. The average Bonchev–Trinajstić information content (AvgIpc) is 2.31. The topological polar surface area (TPSA) is 55.1 Å². The van der Waals surface area contributed by atoms with Gasteiger partial charge in [0.15, 0.2) is 0 Å². The van der Waals surface area contributed by atoms with Gasteiger partial charge in [-0.1, -0.05) is 39.3 Å². The molecule has 3 N–H and O–H groups in total. The Hall–Kier alpha value is -1.35. The van der Waals surface area contributed by atoms with Crippen molar-refractivity contribution in [2.24, 2.45) is 11.7 Å². The molecule has 0 aliphatic carbocycles. The Labute approximate surface area is 110 Å². The molecule has 3 heteroatoms. The molecule has 18 heavy (non-hydrogen) atoms. The lowest BCUT2D eigenvalue weighted by Crippen LogP contribution is -2.35. The fourth-order valence-corrected chi connectivity index (χ4v) is 1.87. The van der Waals surface area contributed by atoms with Crippen LogP contribution in [0.15, 0.2) is 24.3 Å². The molecular formula is C15H24N2O. The van der Waals surface area contributed by atoms with Gasteiger partial charge in [-0.3, -0.25) is 4.79 Å². The zero-order valence-corrected chi connectivity index (χ0v) is 11.6. The van der Waals surface area contributed by atoms with E-state index in [0.29, 0.717) is 5.92 Å². The molecule has 100 valence electrons. The van der Waals surface area contributed by atoms with Gasteiger partial charge in [0.05, 0.1) is 6.04 Å². The molecule has 0 fully saturated rings. The van der Waals surface area contributed by atoms with Gasteiger partial charge in [-0.15, -0.1) is 0 Å². The summed E-state index contributed by atoms with van der Waals surface area (Å²) in [5.74, 6) is 0.539. The van der Waals surface area contributed by atoms with Crippen molar-refractivity contribution < 1.29 is 4.79 Å². The third-order valence-electron chi connectivity index (χ3n) is 2.80. The summed E-state index contributed by atoms with van der Waals surface area (Å²) in [5.41, 5.74) is 7.87. The number of benzene rings is 1. The third kappa shape index (κ3) is 4.88. The van der Waals surface area contributed by atoms with Crippen molar-refractivity contribution in [3.8, 4) is 0 Å². The second kappa shape index (κ2) is 7.17. The van der Waals surface area contributed by atoms with Crippen LogP contribution in [0.2, 0.25) is 0 Å². The minimum Gasteiger partial charge on any atom is -0.325 e. The van der Waals surface area contributed by atoms with Crippen LogP contribution in [-0.4, -0.2) is 11.9 Å².